The maximum absolute atomic E-state index is 13.4. The Morgan fingerprint density at radius 2 is 2.07 bits per heavy atom. The fraction of sp³-hybridized carbons (Fsp3) is 0.105. The van der Waals surface area contributed by atoms with Gasteiger partial charge >= 0.3 is 0 Å². The Labute approximate surface area is 158 Å². The van der Waals surface area contributed by atoms with Crippen molar-refractivity contribution >= 4 is 33.8 Å². The van der Waals surface area contributed by atoms with E-state index in [1.165, 1.54) is 24.4 Å². The largest absolute Gasteiger partial charge is 0.508 e. The number of nitrogens with zero attached hydrogens (tertiary/aromatic N) is 2. The van der Waals surface area contributed by atoms with Crippen molar-refractivity contribution in [3.63, 3.8) is 0 Å². The van der Waals surface area contributed by atoms with Gasteiger partial charge in [-0.15, -0.1) is 0 Å². The van der Waals surface area contributed by atoms with Gasteiger partial charge in [-0.25, -0.2) is 9.37 Å². The van der Waals surface area contributed by atoms with Crippen molar-refractivity contribution in [1.29, 1.82) is 5.26 Å². The SMILES string of the molecule is Cc1ccc(O)c(C)c1NC(=O)c1cnc(Nc2ccc(F)c(C#N)c2)s1. The van der Waals surface area contributed by atoms with Crippen LogP contribution in [0.2, 0.25) is 0 Å². The van der Waals surface area contributed by atoms with Gasteiger partial charge in [-0.05, 0) is 43.7 Å². The Kier molecular flexibility index (Phi) is 5.05. The van der Waals surface area contributed by atoms with Crippen LogP contribution in [0.4, 0.5) is 20.9 Å². The molecule has 0 saturated carbocycles. The lowest BCUT2D eigenvalue weighted by atomic mass is 10.1. The van der Waals surface area contributed by atoms with Crippen LogP contribution < -0.4 is 10.6 Å². The van der Waals surface area contributed by atoms with E-state index in [0.717, 1.165) is 16.9 Å². The highest BCUT2D eigenvalue weighted by molar-refractivity contribution is 7.17. The number of aromatic hydroxyl groups is 1. The molecule has 1 heterocycles. The van der Waals surface area contributed by atoms with Crippen molar-refractivity contribution in [2.45, 2.75) is 13.8 Å². The molecule has 8 heteroatoms. The molecule has 0 aliphatic rings. The number of phenolic OH excluding ortho intramolecular Hbond substituents is 1. The van der Waals surface area contributed by atoms with Crippen LogP contribution in [0.1, 0.15) is 26.4 Å². The van der Waals surface area contributed by atoms with E-state index in [4.69, 9.17) is 5.26 Å². The first kappa shape index (κ1) is 18.4. The van der Waals surface area contributed by atoms with Gasteiger partial charge < -0.3 is 15.7 Å². The van der Waals surface area contributed by atoms with E-state index >= 15 is 0 Å². The summed E-state index contributed by atoms with van der Waals surface area (Å²) in [7, 11) is 0. The lowest BCUT2D eigenvalue weighted by Gasteiger charge is -2.11. The number of anilines is 3. The number of halogens is 1. The van der Waals surface area contributed by atoms with Gasteiger partial charge in [0.1, 0.15) is 22.5 Å². The van der Waals surface area contributed by atoms with Crippen LogP contribution in [-0.4, -0.2) is 16.0 Å². The molecule has 136 valence electrons. The number of amides is 1. The van der Waals surface area contributed by atoms with E-state index in [2.05, 4.69) is 15.6 Å². The van der Waals surface area contributed by atoms with Crippen molar-refractivity contribution in [2.75, 3.05) is 10.6 Å². The third-order valence-electron chi connectivity index (χ3n) is 3.95. The molecule has 3 rings (SSSR count). The van der Waals surface area contributed by atoms with Crippen molar-refractivity contribution in [1.82, 2.24) is 4.98 Å². The van der Waals surface area contributed by atoms with Gasteiger partial charge in [0.05, 0.1) is 17.4 Å². The summed E-state index contributed by atoms with van der Waals surface area (Å²) in [5.74, 6) is -0.847. The average molecular weight is 382 g/mol. The summed E-state index contributed by atoms with van der Waals surface area (Å²) < 4.78 is 13.4. The van der Waals surface area contributed by atoms with Gasteiger partial charge in [0.2, 0.25) is 0 Å². The van der Waals surface area contributed by atoms with Crippen LogP contribution in [0.5, 0.6) is 5.75 Å². The second-order valence-electron chi connectivity index (χ2n) is 5.82. The van der Waals surface area contributed by atoms with Crippen LogP contribution in [0.15, 0.2) is 36.5 Å². The Bertz CT molecular complexity index is 1070. The number of hydrogen-bond acceptors (Lipinski definition) is 6. The Morgan fingerprint density at radius 3 is 2.81 bits per heavy atom. The monoisotopic (exact) mass is 382 g/mol. The fourth-order valence-corrected chi connectivity index (χ4v) is 3.18. The normalized spacial score (nSPS) is 10.3. The second kappa shape index (κ2) is 7.43. The maximum Gasteiger partial charge on any atom is 0.267 e. The fourth-order valence-electron chi connectivity index (χ4n) is 2.45. The molecule has 3 aromatic rings. The summed E-state index contributed by atoms with van der Waals surface area (Å²) in [6, 6.07) is 9.11. The van der Waals surface area contributed by atoms with Crippen LogP contribution >= 0.6 is 11.3 Å². The molecule has 1 amide bonds. The molecule has 27 heavy (non-hydrogen) atoms. The summed E-state index contributed by atoms with van der Waals surface area (Å²) in [6.45, 7) is 3.56. The molecule has 0 bridgehead atoms. The number of rotatable bonds is 4. The molecule has 2 aromatic carbocycles. The number of nitriles is 1. The van der Waals surface area contributed by atoms with Crippen LogP contribution in [0.25, 0.3) is 0 Å². The van der Waals surface area contributed by atoms with Gasteiger partial charge in [-0.2, -0.15) is 5.26 Å². The third kappa shape index (κ3) is 3.88. The van der Waals surface area contributed by atoms with E-state index in [-0.39, 0.29) is 17.2 Å². The van der Waals surface area contributed by atoms with Gasteiger partial charge in [0, 0.05) is 11.3 Å². The summed E-state index contributed by atoms with van der Waals surface area (Å²) in [4.78, 5) is 17.0. The first-order chi connectivity index (χ1) is 12.9. The van der Waals surface area contributed by atoms with Gasteiger partial charge in [0.15, 0.2) is 5.13 Å². The lowest BCUT2D eigenvalue weighted by molar-refractivity contribution is 0.103. The first-order valence-corrected chi connectivity index (χ1v) is 8.73. The average Bonchev–Trinajstić information content (AvgIpc) is 3.12. The molecule has 0 aliphatic heterocycles. The molecular weight excluding hydrogens is 367 g/mol. The molecule has 0 fully saturated rings. The Hall–Kier alpha value is -3.44. The number of aryl methyl sites for hydroxylation is 1. The summed E-state index contributed by atoms with van der Waals surface area (Å²) in [5.41, 5.74) is 2.39. The van der Waals surface area contributed by atoms with Crippen LogP contribution in [-0.2, 0) is 0 Å². The summed E-state index contributed by atoms with van der Waals surface area (Å²) in [6.07, 6.45) is 1.42. The number of carbonyl (C=O) groups is 1. The number of nitrogens with one attached hydrogen (secondary N) is 2. The predicted octanol–water partition coefficient (Wildman–Crippen LogP) is 4.47. The van der Waals surface area contributed by atoms with E-state index in [1.807, 2.05) is 6.92 Å². The molecule has 3 N–H and O–H groups in total. The molecule has 0 radical (unpaired) electrons. The zero-order chi connectivity index (χ0) is 19.6. The molecule has 0 unspecified atom stereocenters. The number of phenols is 1. The number of carbonyl (C=O) groups excluding carboxylic acids is 1. The highest BCUT2D eigenvalue weighted by Gasteiger charge is 2.15. The molecule has 1 aromatic heterocycles. The van der Waals surface area contributed by atoms with E-state index in [9.17, 15) is 14.3 Å². The van der Waals surface area contributed by atoms with E-state index in [0.29, 0.717) is 26.9 Å². The Morgan fingerprint density at radius 1 is 1.30 bits per heavy atom. The summed E-state index contributed by atoms with van der Waals surface area (Å²) >= 11 is 1.12. The number of benzene rings is 2. The van der Waals surface area contributed by atoms with Crippen LogP contribution in [0.3, 0.4) is 0 Å². The number of thiazole rings is 1. The smallest absolute Gasteiger partial charge is 0.267 e. The zero-order valence-corrected chi connectivity index (χ0v) is 15.3. The molecule has 0 aliphatic carbocycles. The lowest BCUT2D eigenvalue weighted by Crippen LogP contribution is -2.12. The maximum atomic E-state index is 13.4. The molecular formula is C19H15FN4O2S. The van der Waals surface area contributed by atoms with E-state index < -0.39 is 5.82 Å². The number of hydrogen-bond donors (Lipinski definition) is 3. The predicted molar refractivity (Wildman–Crippen MR) is 102 cm³/mol. The van der Waals surface area contributed by atoms with Gasteiger partial charge in [-0.1, -0.05) is 17.4 Å². The molecule has 0 atom stereocenters. The number of aromatic nitrogens is 1. The first-order valence-electron chi connectivity index (χ1n) is 7.92. The van der Waals surface area contributed by atoms with Crippen molar-refractivity contribution in [3.05, 3.63) is 63.9 Å². The quantitative estimate of drug-likeness (QED) is 0.618. The van der Waals surface area contributed by atoms with Gasteiger partial charge in [0.25, 0.3) is 5.91 Å². The zero-order valence-electron chi connectivity index (χ0n) is 14.5. The third-order valence-corrected chi connectivity index (χ3v) is 4.86. The van der Waals surface area contributed by atoms with Crippen LogP contribution in [0, 0.1) is 31.0 Å². The van der Waals surface area contributed by atoms with Crippen molar-refractivity contribution in [3.8, 4) is 11.8 Å². The molecule has 6 nitrogen and oxygen atoms in total. The second-order valence-corrected chi connectivity index (χ2v) is 6.85. The minimum Gasteiger partial charge on any atom is -0.508 e. The van der Waals surface area contributed by atoms with E-state index in [1.54, 1.807) is 25.1 Å². The molecule has 0 spiro atoms. The minimum absolute atomic E-state index is 0.0793. The molecule has 0 saturated heterocycles. The standard InChI is InChI=1S/C19H15FN4O2S/c1-10-3-6-15(25)11(2)17(10)24-18(26)16-9-22-19(27-16)23-13-4-5-14(20)12(7-13)8-21/h3-7,9,25H,1-2H3,(H,22,23)(H,24,26). The Balaban J connectivity index is 1.77. The minimum atomic E-state index is -0.598. The van der Waals surface area contributed by atoms with Crippen molar-refractivity contribution in [2.24, 2.45) is 0 Å². The highest BCUT2D eigenvalue weighted by atomic mass is 32.1. The van der Waals surface area contributed by atoms with Crippen molar-refractivity contribution < 1.29 is 14.3 Å². The van der Waals surface area contributed by atoms with Gasteiger partial charge in [-0.3, -0.25) is 4.79 Å². The summed E-state index contributed by atoms with van der Waals surface area (Å²) in [5, 5.41) is 24.9. The topological polar surface area (TPSA) is 98.0 Å². The highest BCUT2D eigenvalue weighted by Crippen LogP contribution is 2.29.